The number of ether oxygens (including phenoxy) is 1. The van der Waals surface area contributed by atoms with Gasteiger partial charge in [0.25, 0.3) is 0 Å². The van der Waals surface area contributed by atoms with Crippen molar-refractivity contribution in [1.82, 2.24) is 24.8 Å². The number of fused-ring (bicyclic) bond motifs is 1. The Labute approximate surface area is 176 Å². The number of allylic oxidation sites excluding steroid dienone is 2. The van der Waals surface area contributed by atoms with Gasteiger partial charge in [-0.25, -0.2) is 15.0 Å². The summed E-state index contributed by atoms with van der Waals surface area (Å²) in [5.74, 6) is 3.19. The number of imidazole rings is 1. The van der Waals surface area contributed by atoms with Crippen LogP contribution >= 0.6 is 0 Å². The van der Waals surface area contributed by atoms with Gasteiger partial charge in [0.05, 0.1) is 13.2 Å². The minimum Gasteiger partial charge on any atom is -0.378 e. The van der Waals surface area contributed by atoms with Crippen molar-refractivity contribution in [3.63, 3.8) is 0 Å². The van der Waals surface area contributed by atoms with Gasteiger partial charge in [0.1, 0.15) is 0 Å². The smallest absolute Gasteiger partial charge is 0.208 e. The van der Waals surface area contributed by atoms with Crippen LogP contribution in [0.25, 0.3) is 16.7 Å². The first-order valence-corrected chi connectivity index (χ1v) is 11.0. The number of nitrogens with one attached hydrogen (secondary N) is 2. The van der Waals surface area contributed by atoms with Gasteiger partial charge in [0, 0.05) is 57.6 Å². The maximum absolute atomic E-state index is 7.82. The first-order chi connectivity index (χ1) is 14.8. The average molecular weight is 411 g/mol. The van der Waals surface area contributed by atoms with Gasteiger partial charge in [-0.05, 0) is 25.7 Å². The summed E-state index contributed by atoms with van der Waals surface area (Å²) in [6, 6.07) is 0. The molecule has 2 N–H and O–H groups in total. The number of nitrogens with zero attached hydrogens (tertiary/aromatic N) is 6. The van der Waals surface area contributed by atoms with E-state index in [1.54, 1.807) is 0 Å². The third kappa shape index (κ3) is 3.67. The van der Waals surface area contributed by atoms with Crippen LogP contribution in [0.15, 0.2) is 6.08 Å². The number of rotatable bonds is 6. The fourth-order valence-electron chi connectivity index (χ4n) is 4.21. The molecule has 3 aliphatic rings. The second kappa shape index (κ2) is 8.31. The number of aromatic nitrogens is 4. The average Bonchev–Trinajstić information content (AvgIpc) is 3.55. The summed E-state index contributed by atoms with van der Waals surface area (Å²) in [6.07, 6.45) is 5.78. The molecule has 2 aromatic rings. The quantitative estimate of drug-likeness (QED) is 0.698. The van der Waals surface area contributed by atoms with Crippen molar-refractivity contribution >= 4 is 34.7 Å². The normalized spacial score (nSPS) is 20.8. The lowest BCUT2D eigenvalue weighted by atomic mass is 10.2. The highest BCUT2D eigenvalue weighted by Crippen LogP contribution is 2.36. The van der Waals surface area contributed by atoms with Crippen LogP contribution in [-0.4, -0.2) is 78.2 Å². The van der Waals surface area contributed by atoms with Crippen molar-refractivity contribution in [1.29, 1.82) is 5.41 Å². The monoisotopic (exact) mass is 410 g/mol. The fourth-order valence-corrected chi connectivity index (χ4v) is 4.21. The van der Waals surface area contributed by atoms with Crippen molar-refractivity contribution in [2.75, 3.05) is 62.3 Å². The minimum atomic E-state index is 0.602. The van der Waals surface area contributed by atoms with Crippen molar-refractivity contribution in [3.8, 4) is 0 Å². The van der Waals surface area contributed by atoms with Crippen molar-refractivity contribution in [2.24, 2.45) is 5.92 Å². The molecule has 2 aliphatic heterocycles. The van der Waals surface area contributed by atoms with E-state index in [0.29, 0.717) is 25.0 Å². The Kier molecular flexibility index (Phi) is 5.39. The molecular formula is C21H30N8O. The van der Waals surface area contributed by atoms with Crippen LogP contribution in [0.3, 0.4) is 0 Å². The highest BCUT2D eigenvalue weighted by molar-refractivity contribution is 6.07. The van der Waals surface area contributed by atoms with E-state index in [-0.39, 0.29) is 0 Å². The van der Waals surface area contributed by atoms with E-state index < -0.39 is 0 Å². The van der Waals surface area contributed by atoms with Gasteiger partial charge >= 0.3 is 0 Å². The maximum atomic E-state index is 7.82. The molecule has 0 amide bonds. The molecule has 9 heteroatoms. The predicted octanol–water partition coefficient (Wildman–Crippen LogP) is 1.54. The second-order valence-electron chi connectivity index (χ2n) is 8.23. The summed E-state index contributed by atoms with van der Waals surface area (Å²) >= 11 is 0. The van der Waals surface area contributed by atoms with E-state index in [4.69, 9.17) is 25.1 Å². The van der Waals surface area contributed by atoms with Gasteiger partial charge in [-0.2, -0.15) is 0 Å². The Balaban J connectivity index is 1.69. The molecule has 9 nitrogen and oxygen atoms in total. The largest absolute Gasteiger partial charge is 0.378 e. The number of anilines is 2. The van der Waals surface area contributed by atoms with Crippen LogP contribution in [-0.2, 0) is 11.3 Å². The number of hydrogen-bond acceptors (Lipinski definition) is 8. The van der Waals surface area contributed by atoms with Gasteiger partial charge < -0.3 is 25.3 Å². The summed E-state index contributed by atoms with van der Waals surface area (Å²) in [4.78, 5) is 19.6. The molecule has 2 saturated heterocycles. The zero-order chi connectivity index (χ0) is 20.5. The zero-order valence-electron chi connectivity index (χ0n) is 17.6. The Morgan fingerprint density at radius 3 is 2.53 bits per heavy atom. The molecule has 0 unspecified atom stereocenters. The Hall–Kier alpha value is -2.52. The van der Waals surface area contributed by atoms with E-state index in [0.717, 1.165) is 74.3 Å². The third-order valence-corrected chi connectivity index (χ3v) is 6.13. The molecular weight excluding hydrogens is 380 g/mol. The van der Waals surface area contributed by atoms with Crippen molar-refractivity contribution in [3.05, 3.63) is 11.9 Å². The van der Waals surface area contributed by atoms with E-state index in [1.807, 2.05) is 13.0 Å². The molecule has 5 rings (SSSR count). The zero-order valence-corrected chi connectivity index (χ0v) is 17.6. The van der Waals surface area contributed by atoms with Gasteiger partial charge in [0.2, 0.25) is 5.95 Å². The molecule has 2 aromatic heterocycles. The van der Waals surface area contributed by atoms with E-state index >= 15 is 0 Å². The molecule has 0 aromatic carbocycles. The Bertz CT molecular complexity index is 952. The van der Waals surface area contributed by atoms with E-state index in [2.05, 4.69) is 19.7 Å². The SMILES string of the molecule is C/C=C(\C=N)c1nc(N2CCOCC2)c2nc(N3CCNCC3)n(CC3CC3)c2n1. The molecule has 3 fully saturated rings. The lowest BCUT2D eigenvalue weighted by Crippen LogP contribution is -2.44. The van der Waals surface area contributed by atoms with Crippen LogP contribution in [0, 0.1) is 11.3 Å². The Morgan fingerprint density at radius 2 is 1.87 bits per heavy atom. The first kappa shape index (κ1) is 19.4. The van der Waals surface area contributed by atoms with Crippen LogP contribution in [0.4, 0.5) is 11.8 Å². The molecule has 1 saturated carbocycles. The summed E-state index contributed by atoms with van der Waals surface area (Å²) < 4.78 is 7.88. The molecule has 4 heterocycles. The Morgan fingerprint density at radius 1 is 1.10 bits per heavy atom. The van der Waals surface area contributed by atoms with Crippen LogP contribution < -0.4 is 15.1 Å². The van der Waals surface area contributed by atoms with Gasteiger partial charge in [-0.15, -0.1) is 0 Å². The standard InChI is InChI=1S/C21H30N8O/c1-2-16(13-22)18-25-19(27-9-11-30-12-10-27)17-20(26-18)29(14-15-3-4-15)21(24-17)28-7-5-23-6-8-28/h2,13,15,22-23H,3-12,14H2,1H3/b16-2+,22-13?. The molecule has 0 atom stereocenters. The molecule has 1 aliphatic carbocycles. The lowest BCUT2D eigenvalue weighted by molar-refractivity contribution is 0.122. The highest BCUT2D eigenvalue weighted by atomic mass is 16.5. The van der Waals surface area contributed by atoms with Crippen molar-refractivity contribution < 1.29 is 4.74 Å². The van der Waals surface area contributed by atoms with Gasteiger partial charge in [-0.1, -0.05) is 6.08 Å². The third-order valence-electron chi connectivity index (χ3n) is 6.13. The number of morpholine rings is 1. The summed E-state index contributed by atoms with van der Waals surface area (Å²) in [6.45, 7) is 9.67. The van der Waals surface area contributed by atoms with Gasteiger partial charge in [0.15, 0.2) is 22.8 Å². The number of piperazine rings is 1. The summed E-state index contributed by atoms with van der Waals surface area (Å²) in [5, 5.41) is 11.3. The molecule has 0 radical (unpaired) electrons. The van der Waals surface area contributed by atoms with Crippen LogP contribution in [0.1, 0.15) is 25.6 Å². The molecule has 0 bridgehead atoms. The fraction of sp³-hybridized carbons (Fsp3) is 0.619. The second-order valence-corrected chi connectivity index (χ2v) is 8.23. The first-order valence-electron chi connectivity index (χ1n) is 11.0. The molecule has 160 valence electrons. The number of hydrogen-bond donors (Lipinski definition) is 2. The highest BCUT2D eigenvalue weighted by Gasteiger charge is 2.30. The minimum absolute atomic E-state index is 0.602. The molecule has 0 spiro atoms. The van der Waals surface area contributed by atoms with Crippen molar-refractivity contribution in [2.45, 2.75) is 26.3 Å². The van der Waals surface area contributed by atoms with E-state index in [9.17, 15) is 0 Å². The van der Waals surface area contributed by atoms with Crippen LogP contribution in [0.2, 0.25) is 0 Å². The maximum Gasteiger partial charge on any atom is 0.208 e. The van der Waals surface area contributed by atoms with Gasteiger partial charge in [-0.3, -0.25) is 4.57 Å². The lowest BCUT2D eigenvalue weighted by Gasteiger charge is -2.28. The molecule has 30 heavy (non-hydrogen) atoms. The summed E-state index contributed by atoms with van der Waals surface area (Å²) in [5.41, 5.74) is 2.49. The summed E-state index contributed by atoms with van der Waals surface area (Å²) in [7, 11) is 0. The van der Waals surface area contributed by atoms with E-state index in [1.165, 1.54) is 19.1 Å². The predicted molar refractivity (Wildman–Crippen MR) is 119 cm³/mol. The topological polar surface area (TPSA) is 95.2 Å². The van der Waals surface area contributed by atoms with Crippen LogP contribution in [0.5, 0.6) is 0 Å².